The van der Waals surface area contributed by atoms with E-state index in [2.05, 4.69) is 15.7 Å². The molecule has 1 fully saturated rings. The molecule has 1 aromatic carbocycles. The van der Waals surface area contributed by atoms with Crippen molar-refractivity contribution in [3.05, 3.63) is 47.5 Å². The van der Waals surface area contributed by atoms with E-state index in [9.17, 15) is 18.8 Å². The minimum Gasteiger partial charge on any atom is -0.450 e. The van der Waals surface area contributed by atoms with Crippen molar-refractivity contribution in [2.24, 2.45) is 0 Å². The topological polar surface area (TPSA) is 106 Å². The number of piperidine rings is 1. The van der Waals surface area contributed by atoms with Crippen molar-refractivity contribution in [1.82, 2.24) is 25.3 Å². The second-order valence-corrected chi connectivity index (χ2v) is 8.87. The third-order valence-electron chi connectivity index (χ3n) is 5.92. The van der Waals surface area contributed by atoms with E-state index in [1.54, 1.807) is 28.6 Å². The van der Waals surface area contributed by atoms with E-state index in [0.29, 0.717) is 63.2 Å². The van der Waals surface area contributed by atoms with Crippen LogP contribution in [-0.4, -0.2) is 64.9 Å². The number of amides is 3. The summed E-state index contributed by atoms with van der Waals surface area (Å²) >= 11 is 0. The Morgan fingerprint density at radius 2 is 1.86 bits per heavy atom. The van der Waals surface area contributed by atoms with Gasteiger partial charge in [-0.3, -0.25) is 9.59 Å². The summed E-state index contributed by atoms with van der Waals surface area (Å²) in [5, 5.41) is 10.2. The maximum absolute atomic E-state index is 13.3. The monoisotopic (exact) mass is 487 g/mol. The van der Waals surface area contributed by atoms with Crippen LogP contribution in [0.25, 0.3) is 5.69 Å². The second kappa shape index (κ2) is 12.3. The Hall–Kier alpha value is -3.43. The first-order valence-corrected chi connectivity index (χ1v) is 12.1. The van der Waals surface area contributed by atoms with Crippen molar-refractivity contribution >= 4 is 17.9 Å². The summed E-state index contributed by atoms with van der Waals surface area (Å²) in [6.45, 7) is 7.53. The quantitative estimate of drug-likeness (QED) is 0.528. The Balaban J connectivity index is 1.44. The van der Waals surface area contributed by atoms with Gasteiger partial charge >= 0.3 is 6.09 Å². The molecule has 2 N–H and O–H groups in total. The molecule has 190 valence electrons. The van der Waals surface area contributed by atoms with E-state index in [-0.39, 0.29) is 35.7 Å². The predicted octanol–water partition coefficient (Wildman–Crippen LogP) is 3.38. The van der Waals surface area contributed by atoms with Gasteiger partial charge in [0.15, 0.2) is 0 Å². The predicted molar refractivity (Wildman–Crippen MR) is 129 cm³/mol. The Morgan fingerprint density at radius 3 is 2.49 bits per heavy atom. The smallest absolute Gasteiger partial charge is 0.409 e. The van der Waals surface area contributed by atoms with Crippen LogP contribution in [-0.2, 0) is 9.53 Å². The highest BCUT2D eigenvalue weighted by Gasteiger charge is 2.24. The van der Waals surface area contributed by atoms with Crippen LogP contribution in [0.5, 0.6) is 0 Å². The maximum Gasteiger partial charge on any atom is 0.409 e. The summed E-state index contributed by atoms with van der Waals surface area (Å²) in [6.07, 6.45) is 3.39. The molecule has 0 saturated carbocycles. The molecule has 1 aliphatic heterocycles. The van der Waals surface area contributed by atoms with Crippen LogP contribution in [0.3, 0.4) is 0 Å². The fourth-order valence-corrected chi connectivity index (χ4v) is 4.14. The molecule has 10 heteroatoms. The minimum atomic E-state index is -0.337. The first-order chi connectivity index (χ1) is 16.8. The molecule has 3 amide bonds. The molecule has 0 atom stereocenters. The highest BCUT2D eigenvalue weighted by Crippen LogP contribution is 2.23. The van der Waals surface area contributed by atoms with E-state index in [4.69, 9.17) is 4.74 Å². The van der Waals surface area contributed by atoms with Crippen LogP contribution in [0, 0.1) is 5.82 Å². The summed E-state index contributed by atoms with van der Waals surface area (Å²) in [4.78, 5) is 38.5. The molecule has 0 unspecified atom stereocenters. The third kappa shape index (κ3) is 7.03. The van der Waals surface area contributed by atoms with Gasteiger partial charge in [0.25, 0.3) is 5.91 Å². The number of rotatable bonds is 9. The zero-order valence-corrected chi connectivity index (χ0v) is 20.6. The normalized spacial score (nSPS) is 14.1. The van der Waals surface area contributed by atoms with E-state index < -0.39 is 0 Å². The molecular weight excluding hydrogens is 453 g/mol. The number of nitrogens with zero attached hydrogens (tertiary/aromatic N) is 3. The maximum atomic E-state index is 13.3. The van der Waals surface area contributed by atoms with Crippen molar-refractivity contribution in [2.45, 2.75) is 58.4 Å². The van der Waals surface area contributed by atoms with E-state index in [1.165, 1.54) is 18.3 Å². The van der Waals surface area contributed by atoms with Gasteiger partial charge in [-0.2, -0.15) is 5.10 Å². The molecule has 0 aliphatic carbocycles. The molecule has 3 rings (SSSR count). The summed E-state index contributed by atoms with van der Waals surface area (Å²) in [5.74, 6) is -0.643. The largest absolute Gasteiger partial charge is 0.450 e. The lowest BCUT2D eigenvalue weighted by molar-refractivity contribution is -0.122. The van der Waals surface area contributed by atoms with Gasteiger partial charge in [0.05, 0.1) is 29.7 Å². The number of nitrogens with one attached hydrogen (secondary N) is 2. The van der Waals surface area contributed by atoms with E-state index in [1.807, 2.05) is 13.8 Å². The average Bonchev–Trinajstić information content (AvgIpc) is 3.28. The molecular formula is C25H34FN5O4. The Morgan fingerprint density at radius 1 is 1.17 bits per heavy atom. The SMILES string of the molecule is CCOC(=O)N1CCC(NC(=O)CCCNC(=O)c2cnn(-c3ccc(F)cc3)c2C(C)C)CC1. The van der Waals surface area contributed by atoms with Crippen molar-refractivity contribution in [2.75, 3.05) is 26.2 Å². The zero-order chi connectivity index (χ0) is 25.4. The Kier molecular flexibility index (Phi) is 9.22. The van der Waals surface area contributed by atoms with Gasteiger partial charge in [-0.25, -0.2) is 13.9 Å². The van der Waals surface area contributed by atoms with Crippen LogP contribution in [0.2, 0.25) is 0 Å². The van der Waals surface area contributed by atoms with Crippen molar-refractivity contribution in [3.63, 3.8) is 0 Å². The van der Waals surface area contributed by atoms with Crippen molar-refractivity contribution < 1.29 is 23.5 Å². The first-order valence-electron chi connectivity index (χ1n) is 12.1. The number of hydrogen-bond donors (Lipinski definition) is 2. The Bertz CT molecular complexity index is 1010. The number of halogens is 1. The Labute approximate surface area is 205 Å². The summed E-state index contributed by atoms with van der Waals surface area (Å²) in [7, 11) is 0. The van der Waals surface area contributed by atoms with E-state index in [0.717, 1.165) is 5.69 Å². The second-order valence-electron chi connectivity index (χ2n) is 8.87. The van der Waals surface area contributed by atoms with Gasteiger partial charge in [-0.05, 0) is 56.4 Å². The summed E-state index contributed by atoms with van der Waals surface area (Å²) in [6, 6.07) is 5.99. The number of ether oxygens (including phenoxy) is 1. The van der Waals surface area contributed by atoms with Gasteiger partial charge in [-0.1, -0.05) is 13.8 Å². The number of carbonyl (C=O) groups is 3. The minimum absolute atomic E-state index is 0.0179. The standard InChI is InChI=1S/C25H34FN5O4/c1-4-35-25(34)30-14-11-19(12-15-30)29-22(32)6-5-13-27-24(33)21-16-28-31(23(21)17(2)3)20-9-7-18(26)8-10-20/h7-10,16-17,19H,4-6,11-15H2,1-3H3,(H,27,33)(H,29,32). The van der Waals surface area contributed by atoms with Crippen LogP contribution in [0.1, 0.15) is 68.4 Å². The lowest BCUT2D eigenvalue weighted by Crippen LogP contribution is -2.46. The molecule has 2 aromatic rings. The molecule has 0 spiro atoms. The van der Waals surface area contributed by atoms with Crippen LogP contribution in [0.15, 0.2) is 30.5 Å². The van der Waals surface area contributed by atoms with Crippen molar-refractivity contribution in [3.8, 4) is 5.69 Å². The third-order valence-corrected chi connectivity index (χ3v) is 5.92. The van der Waals surface area contributed by atoms with Crippen LogP contribution in [0.4, 0.5) is 9.18 Å². The molecule has 2 heterocycles. The lowest BCUT2D eigenvalue weighted by Gasteiger charge is -2.31. The number of likely N-dealkylation sites (tertiary alicyclic amines) is 1. The molecule has 9 nitrogen and oxygen atoms in total. The number of aromatic nitrogens is 2. The van der Waals surface area contributed by atoms with Crippen LogP contribution < -0.4 is 10.6 Å². The molecule has 1 aliphatic rings. The highest BCUT2D eigenvalue weighted by atomic mass is 19.1. The van der Waals surface area contributed by atoms with Crippen LogP contribution >= 0.6 is 0 Å². The van der Waals surface area contributed by atoms with Gasteiger partial charge in [0.2, 0.25) is 5.91 Å². The zero-order valence-electron chi connectivity index (χ0n) is 20.6. The molecule has 0 bridgehead atoms. The number of benzene rings is 1. The average molecular weight is 488 g/mol. The number of carbonyl (C=O) groups excluding carboxylic acids is 3. The van der Waals surface area contributed by atoms with Gasteiger partial charge in [0.1, 0.15) is 5.82 Å². The molecule has 35 heavy (non-hydrogen) atoms. The van der Waals surface area contributed by atoms with Gasteiger partial charge in [-0.15, -0.1) is 0 Å². The van der Waals surface area contributed by atoms with Crippen molar-refractivity contribution in [1.29, 1.82) is 0 Å². The summed E-state index contributed by atoms with van der Waals surface area (Å²) < 4.78 is 19.9. The molecule has 1 saturated heterocycles. The summed E-state index contributed by atoms with van der Waals surface area (Å²) in [5.41, 5.74) is 1.88. The molecule has 1 aromatic heterocycles. The lowest BCUT2D eigenvalue weighted by atomic mass is 10.0. The first kappa shape index (κ1) is 26.2. The van der Waals surface area contributed by atoms with E-state index >= 15 is 0 Å². The molecule has 0 radical (unpaired) electrons. The fraction of sp³-hybridized carbons (Fsp3) is 0.520. The number of hydrogen-bond acceptors (Lipinski definition) is 5. The van der Waals surface area contributed by atoms with Gasteiger partial charge < -0.3 is 20.3 Å². The fourth-order valence-electron chi connectivity index (χ4n) is 4.14. The van der Waals surface area contributed by atoms with Gasteiger partial charge in [0, 0.05) is 32.1 Å². The highest BCUT2D eigenvalue weighted by molar-refractivity contribution is 5.95.